The Balaban J connectivity index is 1.34. The summed E-state index contributed by atoms with van der Waals surface area (Å²) in [7, 11) is 2.11. The van der Waals surface area contributed by atoms with Gasteiger partial charge in [-0.05, 0) is 44.3 Å². The van der Waals surface area contributed by atoms with Gasteiger partial charge in [-0.15, -0.1) is 0 Å². The van der Waals surface area contributed by atoms with E-state index in [1.807, 2.05) is 18.2 Å². The van der Waals surface area contributed by atoms with Crippen LogP contribution in [0.2, 0.25) is 0 Å². The van der Waals surface area contributed by atoms with E-state index in [0.717, 1.165) is 52.9 Å². The van der Waals surface area contributed by atoms with E-state index in [0.29, 0.717) is 57.8 Å². The Labute approximate surface area is 239 Å². The lowest BCUT2D eigenvalue weighted by Crippen LogP contribution is -2.55. The quantitative estimate of drug-likeness (QED) is 0.465. The molecule has 3 aliphatic rings. The minimum absolute atomic E-state index is 0.117. The monoisotopic (exact) mass is 557 g/mol. The van der Waals surface area contributed by atoms with Gasteiger partial charge in [0.2, 0.25) is 0 Å². The molecule has 0 aliphatic carbocycles. The highest BCUT2D eigenvalue weighted by Crippen LogP contribution is 2.37. The fraction of sp³-hybridized carbons (Fsp3) is 0.467. The second kappa shape index (κ2) is 11.3. The van der Waals surface area contributed by atoms with E-state index < -0.39 is 12.1 Å². The van der Waals surface area contributed by atoms with Crippen LogP contribution in [0.25, 0.3) is 10.8 Å². The third kappa shape index (κ3) is 5.39. The standard InChI is InChI=1S/C30H35N7O4/c1-34-11-4-6-22(34)19-41-29-32-26-18-35(27-16-23(38)15-20-5-2-3-7-24(20)27)12-9-25(26)28(33-29)36-13-14-37(30(39)40)21(17-36)8-10-31/h2-3,5,7,15-16,21-22,38H,4,6,8-9,11-14,17-19H2,1H3,(H,39,40). The molecule has 3 aromatic rings. The number of fused-ring (bicyclic) bond motifs is 2. The number of carbonyl (C=O) groups is 1. The first-order valence-corrected chi connectivity index (χ1v) is 14.2. The Morgan fingerprint density at radius 1 is 1.12 bits per heavy atom. The van der Waals surface area contributed by atoms with Crippen molar-refractivity contribution >= 4 is 28.4 Å². The third-order valence-electron chi connectivity index (χ3n) is 8.62. The molecule has 2 fully saturated rings. The first kappa shape index (κ1) is 26.9. The van der Waals surface area contributed by atoms with Gasteiger partial charge in [0.05, 0.1) is 30.8 Å². The lowest BCUT2D eigenvalue weighted by atomic mass is 10.0. The number of phenolic OH excluding ortho intramolecular Hbond substituents is 1. The topological polar surface area (TPSA) is 129 Å². The number of carboxylic acid groups (broad SMARTS) is 1. The van der Waals surface area contributed by atoms with Crippen molar-refractivity contribution in [1.82, 2.24) is 19.8 Å². The minimum atomic E-state index is -1.01. The van der Waals surface area contributed by atoms with Crippen molar-refractivity contribution in [3.05, 3.63) is 47.7 Å². The van der Waals surface area contributed by atoms with Gasteiger partial charge in [0.25, 0.3) is 0 Å². The van der Waals surface area contributed by atoms with Crippen LogP contribution in [0, 0.1) is 11.3 Å². The van der Waals surface area contributed by atoms with E-state index >= 15 is 0 Å². The van der Waals surface area contributed by atoms with Crippen LogP contribution in [0.15, 0.2) is 36.4 Å². The van der Waals surface area contributed by atoms with E-state index in [1.54, 1.807) is 12.1 Å². The number of likely N-dealkylation sites (N-methyl/N-ethyl adjacent to an activating group) is 1. The summed E-state index contributed by atoms with van der Waals surface area (Å²) < 4.78 is 6.22. The fourth-order valence-electron chi connectivity index (χ4n) is 6.40. The molecule has 4 heterocycles. The Hall–Kier alpha value is -4.30. The molecular weight excluding hydrogens is 522 g/mol. The van der Waals surface area contributed by atoms with E-state index in [9.17, 15) is 20.3 Å². The smallest absolute Gasteiger partial charge is 0.407 e. The van der Waals surface area contributed by atoms with Gasteiger partial charge in [-0.2, -0.15) is 15.2 Å². The molecule has 11 nitrogen and oxygen atoms in total. The predicted octanol–water partition coefficient (Wildman–Crippen LogP) is 3.45. The lowest BCUT2D eigenvalue weighted by molar-refractivity contribution is 0.119. The normalized spacial score (nSPS) is 21.1. The third-order valence-corrected chi connectivity index (χ3v) is 8.62. The first-order chi connectivity index (χ1) is 19.9. The van der Waals surface area contributed by atoms with Gasteiger partial charge < -0.3 is 34.5 Å². The van der Waals surface area contributed by atoms with Crippen molar-refractivity contribution in [2.45, 2.75) is 44.3 Å². The molecule has 2 aromatic carbocycles. The molecule has 0 spiro atoms. The number of amides is 1. The van der Waals surface area contributed by atoms with E-state index in [1.165, 1.54) is 4.90 Å². The molecule has 41 heavy (non-hydrogen) atoms. The molecule has 6 rings (SSSR count). The maximum absolute atomic E-state index is 11.8. The summed E-state index contributed by atoms with van der Waals surface area (Å²) >= 11 is 0. The van der Waals surface area contributed by atoms with Crippen LogP contribution < -0.4 is 14.5 Å². The minimum Gasteiger partial charge on any atom is -0.508 e. The molecule has 0 radical (unpaired) electrons. The van der Waals surface area contributed by atoms with Crippen LogP contribution in [0.4, 0.5) is 16.3 Å². The van der Waals surface area contributed by atoms with Crippen LogP contribution in [0.1, 0.15) is 30.5 Å². The number of aromatic hydroxyl groups is 1. The van der Waals surface area contributed by atoms with Crippen molar-refractivity contribution in [3.8, 4) is 17.8 Å². The number of rotatable bonds is 6. The lowest BCUT2D eigenvalue weighted by Gasteiger charge is -2.41. The van der Waals surface area contributed by atoms with Crippen molar-refractivity contribution in [3.63, 3.8) is 0 Å². The summed E-state index contributed by atoms with van der Waals surface area (Å²) in [5.74, 6) is 0.982. The number of hydrogen-bond acceptors (Lipinski definition) is 9. The largest absolute Gasteiger partial charge is 0.508 e. The predicted molar refractivity (Wildman–Crippen MR) is 155 cm³/mol. The Morgan fingerprint density at radius 2 is 1.98 bits per heavy atom. The first-order valence-electron chi connectivity index (χ1n) is 14.2. The molecule has 214 valence electrons. The number of piperazine rings is 1. The van der Waals surface area contributed by atoms with Gasteiger partial charge in [0.1, 0.15) is 18.2 Å². The number of nitriles is 1. The van der Waals surface area contributed by atoms with Crippen molar-refractivity contribution in [1.29, 1.82) is 5.26 Å². The molecule has 2 saturated heterocycles. The van der Waals surface area contributed by atoms with Gasteiger partial charge >= 0.3 is 12.1 Å². The van der Waals surface area contributed by atoms with Gasteiger partial charge in [0, 0.05) is 54.9 Å². The number of hydrogen-bond donors (Lipinski definition) is 2. The van der Waals surface area contributed by atoms with Crippen molar-refractivity contribution in [2.24, 2.45) is 0 Å². The Morgan fingerprint density at radius 3 is 2.76 bits per heavy atom. The second-order valence-corrected chi connectivity index (χ2v) is 11.1. The number of ether oxygens (including phenoxy) is 1. The number of benzene rings is 2. The van der Waals surface area contributed by atoms with Gasteiger partial charge in [0.15, 0.2) is 0 Å². The van der Waals surface area contributed by atoms with Crippen molar-refractivity contribution in [2.75, 3.05) is 56.2 Å². The van der Waals surface area contributed by atoms with Gasteiger partial charge in [-0.3, -0.25) is 0 Å². The van der Waals surface area contributed by atoms with Crippen LogP contribution in [-0.2, 0) is 13.0 Å². The molecule has 1 aromatic heterocycles. The number of aromatic nitrogens is 2. The maximum atomic E-state index is 11.8. The highest BCUT2D eigenvalue weighted by Gasteiger charge is 2.34. The Kier molecular flexibility index (Phi) is 7.41. The average Bonchev–Trinajstić information content (AvgIpc) is 3.39. The van der Waals surface area contributed by atoms with Crippen LogP contribution in [-0.4, -0.2) is 94.5 Å². The maximum Gasteiger partial charge on any atom is 0.407 e. The fourth-order valence-corrected chi connectivity index (χ4v) is 6.40. The van der Waals surface area contributed by atoms with E-state index in [-0.39, 0.29) is 12.2 Å². The summed E-state index contributed by atoms with van der Waals surface area (Å²) in [6.07, 6.45) is 2.00. The molecule has 0 bridgehead atoms. The molecule has 1 amide bonds. The zero-order valence-corrected chi connectivity index (χ0v) is 23.2. The summed E-state index contributed by atoms with van der Waals surface area (Å²) in [5.41, 5.74) is 2.84. The van der Waals surface area contributed by atoms with Crippen molar-refractivity contribution < 1.29 is 19.7 Å². The molecular formula is C30H35N7O4. The zero-order chi connectivity index (χ0) is 28.5. The summed E-state index contributed by atoms with van der Waals surface area (Å²) in [6, 6.07) is 13.9. The number of anilines is 2. The summed E-state index contributed by atoms with van der Waals surface area (Å²) in [6.45, 7) is 3.93. The second-order valence-electron chi connectivity index (χ2n) is 11.1. The number of likely N-dealkylation sites (tertiary alicyclic amines) is 1. The molecule has 3 aliphatic heterocycles. The number of nitrogens with zero attached hydrogens (tertiary/aromatic N) is 7. The number of phenols is 1. The Bertz CT molecular complexity index is 1490. The SMILES string of the molecule is CN1CCCC1COc1nc2c(c(N3CCN(C(=O)O)C(CC#N)C3)n1)CCN(c1cc(O)cc3ccccc13)C2. The van der Waals surface area contributed by atoms with Crippen LogP contribution in [0.3, 0.4) is 0 Å². The molecule has 2 atom stereocenters. The average molecular weight is 558 g/mol. The van der Waals surface area contributed by atoms with Crippen LogP contribution in [0.5, 0.6) is 11.8 Å². The van der Waals surface area contributed by atoms with Crippen LogP contribution >= 0.6 is 0 Å². The molecule has 0 saturated carbocycles. The van der Waals surface area contributed by atoms with Gasteiger partial charge in [-0.25, -0.2) is 4.79 Å². The highest BCUT2D eigenvalue weighted by atomic mass is 16.5. The molecule has 11 heteroatoms. The summed E-state index contributed by atoms with van der Waals surface area (Å²) in [4.78, 5) is 29.6. The van der Waals surface area contributed by atoms with Gasteiger partial charge in [-0.1, -0.05) is 24.3 Å². The highest BCUT2D eigenvalue weighted by molar-refractivity contribution is 5.95. The van der Waals surface area contributed by atoms with E-state index in [2.05, 4.69) is 33.9 Å². The zero-order valence-electron chi connectivity index (χ0n) is 23.2. The van der Waals surface area contributed by atoms with E-state index in [4.69, 9.17) is 14.7 Å². The molecule has 2 N–H and O–H groups in total. The molecule has 2 unspecified atom stereocenters. The summed E-state index contributed by atoms with van der Waals surface area (Å²) in [5, 5.41) is 31.6.